The first kappa shape index (κ1) is 14.6. The minimum absolute atomic E-state index is 0.258. The molecular formula is C15H22ClNO2. The molecular weight excluding hydrogens is 262 g/mol. The number of methoxy groups -OCH3 is 1. The second-order valence-electron chi connectivity index (χ2n) is 5.09. The standard InChI is InChI=1S/C15H22ClNO2/c1-19-15-6-5-13(16)10-12(15)11-17-8-3-2-4-14(17)7-9-18/h5-6,10,14,18H,2-4,7-9,11H2,1H3. The Hall–Kier alpha value is -0.770. The highest BCUT2D eigenvalue weighted by atomic mass is 35.5. The number of aliphatic hydroxyl groups excluding tert-OH is 1. The normalized spacial score (nSPS) is 20.5. The number of hydrogen-bond acceptors (Lipinski definition) is 3. The van der Waals surface area contributed by atoms with Gasteiger partial charge in [-0.05, 0) is 44.0 Å². The van der Waals surface area contributed by atoms with Gasteiger partial charge in [0.25, 0.3) is 0 Å². The van der Waals surface area contributed by atoms with E-state index in [-0.39, 0.29) is 6.61 Å². The maximum Gasteiger partial charge on any atom is 0.123 e. The molecule has 3 nitrogen and oxygen atoms in total. The molecule has 2 rings (SSSR count). The van der Waals surface area contributed by atoms with Gasteiger partial charge in [0, 0.05) is 29.8 Å². The molecule has 1 unspecified atom stereocenters. The van der Waals surface area contributed by atoms with E-state index in [9.17, 15) is 5.11 Å². The number of nitrogens with zero attached hydrogens (tertiary/aromatic N) is 1. The fourth-order valence-corrected chi connectivity index (χ4v) is 3.03. The van der Waals surface area contributed by atoms with Crippen molar-refractivity contribution < 1.29 is 9.84 Å². The lowest BCUT2D eigenvalue weighted by atomic mass is 9.98. The summed E-state index contributed by atoms with van der Waals surface area (Å²) in [6, 6.07) is 6.22. The quantitative estimate of drug-likeness (QED) is 0.901. The van der Waals surface area contributed by atoms with Crippen molar-refractivity contribution in [2.24, 2.45) is 0 Å². The fraction of sp³-hybridized carbons (Fsp3) is 0.600. The monoisotopic (exact) mass is 283 g/mol. The molecule has 1 aliphatic rings. The van der Waals surface area contributed by atoms with Gasteiger partial charge in [0.2, 0.25) is 0 Å². The van der Waals surface area contributed by atoms with Gasteiger partial charge in [-0.1, -0.05) is 18.0 Å². The molecule has 0 radical (unpaired) electrons. The van der Waals surface area contributed by atoms with Crippen LogP contribution in [0.3, 0.4) is 0 Å². The van der Waals surface area contributed by atoms with Crippen LogP contribution in [0.1, 0.15) is 31.2 Å². The lowest BCUT2D eigenvalue weighted by Crippen LogP contribution is -2.39. The Balaban J connectivity index is 2.11. The number of rotatable bonds is 5. The molecule has 1 atom stereocenters. The first-order chi connectivity index (χ1) is 9.24. The summed E-state index contributed by atoms with van der Waals surface area (Å²) in [5, 5.41) is 9.92. The van der Waals surface area contributed by atoms with E-state index >= 15 is 0 Å². The molecule has 106 valence electrons. The van der Waals surface area contributed by atoms with Gasteiger partial charge in [0.05, 0.1) is 7.11 Å². The largest absolute Gasteiger partial charge is 0.496 e. The summed E-state index contributed by atoms with van der Waals surface area (Å²) < 4.78 is 5.40. The number of ether oxygens (including phenoxy) is 1. The van der Waals surface area contributed by atoms with Gasteiger partial charge in [-0.25, -0.2) is 0 Å². The van der Waals surface area contributed by atoms with E-state index in [4.69, 9.17) is 16.3 Å². The second kappa shape index (κ2) is 7.13. The Morgan fingerprint density at radius 1 is 1.42 bits per heavy atom. The van der Waals surface area contributed by atoms with Crippen LogP contribution in [-0.2, 0) is 6.54 Å². The third kappa shape index (κ3) is 3.85. The molecule has 1 saturated heterocycles. The van der Waals surface area contributed by atoms with Gasteiger partial charge in [0.15, 0.2) is 0 Å². The van der Waals surface area contributed by atoms with E-state index in [1.807, 2.05) is 18.2 Å². The van der Waals surface area contributed by atoms with Crippen molar-refractivity contribution in [3.05, 3.63) is 28.8 Å². The lowest BCUT2D eigenvalue weighted by Gasteiger charge is -2.35. The molecule has 4 heteroatoms. The smallest absolute Gasteiger partial charge is 0.123 e. The van der Waals surface area contributed by atoms with Crippen molar-refractivity contribution in [2.75, 3.05) is 20.3 Å². The molecule has 0 spiro atoms. The van der Waals surface area contributed by atoms with Crippen molar-refractivity contribution in [2.45, 2.75) is 38.3 Å². The summed E-state index contributed by atoms with van der Waals surface area (Å²) in [4.78, 5) is 2.44. The van der Waals surface area contributed by atoms with Crippen LogP contribution in [0.4, 0.5) is 0 Å². The zero-order valence-electron chi connectivity index (χ0n) is 11.4. The van der Waals surface area contributed by atoms with E-state index < -0.39 is 0 Å². The number of aliphatic hydroxyl groups is 1. The Kier molecular flexibility index (Phi) is 5.49. The highest BCUT2D eigenvalue weighted by Crippen LogP contribution is 2.27. The molecule has 0 bridgehead atoms. The summed E-state index contributed by atoms with van der Waals surface area (Å²) >= 11 is 6.07. The Labute approximate surface area is 120 Å². The van der Waals surface area contributed by atoms with Gasteiger partial charge in [-0.3, -0.25) is 4.90 Å². The summed E-state index contributed by atoms with van der Waals surface area (Å²) in [5.74, 6) is 0.887. The minimum Gasteiger partial charge on any atom is -0.496 e. The molecule has 1 fully saturated rings. The Morgan fingerprint density at radius 2 is 2.26 bits per heavy atom. The third-order valence-corrected chi connectivity index (χ3v) is 4.06. The predicted octanol–water partition coefficient (Wildman–Crippen LogP) is 3.09. The highest BCUT2D eigenvalue weighted by molar-refractivity contribution is 6.30. The molecule has 1 aromatic rings. The number of halogens is 1. The van der Waals surface area contributed by atoms with Crippen molar-refractivity contribution in [1.29, 1.82) is 0 Å². The van der Waals surface area contributed by atoms with E-state index in [0.717, 1.165) is 35.8 Å². The summed E-state index contributed by atoms with van der Waals surface area (Å²) in [6.45, 7) is 2.18. The average molecular weight is 284 g/mol. The highest BCUT2D eigenvalue weighted by Gasteiger charge is 2.22. The molecule has 1 heterocycles. The van der Waals surface area contributed by atoms with E-state index in [2.05, 4.69) is 4.90 Å². The van der Waals surface area contributed by atoms with E-state index in [0.29, 0.717) is 6.04 Å². The van der Waals surface area contributed by atoms with Gasteiger partial charge in [-0.2, -0.15) is 0 Å². The maximum atomic E-state index is 9.17. The van der Waals surface area contributed by atoms with Gasteiger partial charge in [0.1, 0.15) is 5.75 Å². The maximum absolute atomic E-state index is 9.17. The summed E-state index contributed by atoms with van der Waals surface area (Å²) in [7, 11) is 1.69. The molecule has 0 amide bonds. The van der Waals surface area contributed by atoms with Crippen LogP contribution in [0.5, 0.6) is 5.75 Å². The second-order valence-corrected chi connectivity index (χ2v) is 5.52. The molecule has 0 aliphatic carbocycles. The van der Waals surface area contributed by atoms with Gasteiger partial charge >= 0.3 is 0 Å². The lowest BCUT2D eigenvalue weighted by molar-refractivity contribution is 0.111. The van der Waals surface area contributed by atoms with Gasteiger partial charge < -0.3 is 9.84 Å². The zero-order chi connectivity index (χ0) is 13.7. The molecule has 0 saturated carbocycles. The SMILES string of the molecule is COc1ccc(Cl)cc1CN1CCCCC1CCO. The molecule has 0 aromatic heterocycles. The number of hydrogen-bond donors (Lipinski definition) is 1. The molecule has 1 aromatic carbocycles. The van der Waals surface area contributed by atoms with Crippen molar-refractivity contribution in [3.63, 3.8) is 0 Å². The van der Waals surface area contributed by atoms with E-state index in [1.165, 1.54) is 19.3 Å². The molecule has 1 aliphatic heterocycles. The Morgan fingerprint density at radius 3 is 3.00 bits per heavy atom. The van der Waals surface area contributed by atoms with Crippen molar-refractivity contribution in [1.82, 2.24) is 4.90 Å². The van der Waals surface area contributed by atoms with Crippen LogP contribution in [0.15, 0.2) is 18.2 Å². The summed E-state index contributed by atoms with van der Waals surface area (Å²) in [6.07, 6.45) is 4.50. The number of piperidine rings is 1. The Bertz CT molecular complexity index is 409. The van der Waals surface area contributed by atoms with E-state index in [1.54, 1.807) is 7.11 Å². The van der Waals surface area contributed by atoms with Crippen molar-refractivity contribution >= 4 is 11.6 Å². The molecule has 1 N–H and O–H groups in total. The van der Waals surface area contributed by atoms with Crippen LogP contribution >= 0.6 is 11.6 Å². The first-order valence-electron chi connectivity index (χ1n) is 6.92. The molecule has 19 heavy (non-hydrogen) atoms. The third-order valence-electron chi connectivity index (χ3n) is 3.83. The fourth-order valence-electron chi connectivity index (χ4n) is 2.83. The van der Waals surface area contributed by atoms with Crippen LogP contribution < -0.4 is 4.74 Å². The number of likely N-dealkylation sites (tertiary alicyclic amines) is 1. The number of benzene rings is 1. The zero-order valence-corrected chi connectivity index (χ0v) is 12.2. The van der Waals surface area contributed by atoms with Crippen LogP contribution in [0, 0.1) is 0 Å². The average Bonchev–Trinajstić information content (AvgIpc) is 2.42. The predicted molar refractivity (Wildman–Crippen MR) is 77.8 cm³/mol. The van der Waals surface area contributed by atoms with Crippen LogP contribution in [-0.4, -0.2) is 36.3 Å². The van der Waals surface area contributed by atoms with Crippen molar-refractivity contribution in [3.8, 4) is 5.75 Å². The minimum atomic E-state index is 0.258. The first-order valence-corrected chi connectivity index (χ1v) is 7.29. The van der Waals surface area contributed by atoms with Crippen LogP contribution in [0.25, 0.3) is 0 Å². The van der Waals surface area contributed by atoms with Gasteiger partial charge in [-0.15, -0.1) is 0 Å². The summed E-state index contributed by atoms with van der Waals surface area (Å²) in [5.41, 5.74) is 1.12. The topological polar surface area (TPSA) is 32.7 Å². The van der Waals surface area contributed by atoms with Crippen LogP contribution in [0.2, 0.25) is 5.02 Å².